The van der Waals surface area contributed by atoms with Crippen LogP contribution in [0.3, 0.4) is 0 Å². The summed E-state index contributed by atoms with van der Waals surface area (Å²) in [6.07, 6.45) is 2.62. The molecule has 1 saturated carbocycles. The first kappa shape index (κ1) is 12.8. The van der Waals surface area contributed by atoms with E-state index in [2.05, 4.69) is 5.32 Å². The van der Waals surface area contributed by atoms with Gasteiger partial charge in [0, 0.05) is 12.6 Å². The lowest BCUT2D eigenvalue weighted by molar-refractivity contribution is 0.161. The Balaban J connectivity index is 2.07. The van der Waals surface area contributed by atoms with Crippen LogP contribution in [-0.2, 0) is 0 Å². The Morgan fingerprint density at radius 2 is 2.28 bits per heavy atom. The molecule has 18 heavy (non-hydrogen) atoms. The SMILES string of the molecule is N#Cc1cc(C(O)CNC2CCC2)cc(F)c1N. The van der Waals surface area contributed by atoms with Crippen LogP contribution in [0.1, 0.15) is 36.5 Å². The highest BCUT2D eigenvalue weighted by molar-refractivity contribution is 5.56. The number of nitrogens with two attached hydrogens (primary N) is 1. The minimum absolute atomic E-state index is 0.0627. The maximum Gasteiger partial charge on any atom is 0.147 e. The fraction of sp³-hybridized carbons (Fsp3) is 0.462. The van der Waals surface area contributed by atoms with E-state index in [0.29, 0.717) is 18.2 Å². The number of nitrogens with zero attached hydrogens (tertiary/aromatic N) is 1. The molecule has 0 saturated heterocycles. The van der Waals surface area contributed by atoms with E-state index >= 15 is 0 Å². The molecule has 2 rings (SSSR count). The number of aliphatic hydroxyl groups excluding tert-OH is 1. The van der Waals surface area contributed by atoms with Crippen molar-refractivity contribution in [2.75, 3.05) is 12.3 Å². The predicted molar refractivity (Wildman–Crippen MR) is 66.1 cm³/mol. The molecule has 1 aliphatic rings. The van der Waals surface area contributed by atoms with Crippen LogP contribution < -0.4 is 11.1 Å². The molecule has 0 radical (unpaired) electrons. The Bertz CT molecular complexity index is 480. The number of hydrogen-bond acceptors (Lipinski definition) is 4. The fourth-order valence-electron chi connectivity index (χ4n) is 1.93. The highest BCUT2D eigenvalue weighted by Crippen LogP contribution is 2.23. The smallest absolute Gasteiger partial charge is 0.147 e. The number of nitriles is 1. The highest BCUT2D eigenvalue weighted by Gasteiger charge is 2.19. The largest absolute Gasteiger partial charge is 0.395 e. The van der Waals surface area contributed by atoms with Crippen molar-refractivity contribution in [2.45, 2.75) is 31.4 Å². The Labute approximate surface area is 105 Å². The van der Waals surface area contributed by atoms with Gasteiger partial charge < -0.3 is 16.2 Å². The second kappa shape index (κ2) is 5.34. The molecule has 4 N–H and O–H groups in total. The summed E-state index contributed by atoms with van der Waals surface area (Å²) in [6, 6.07) is 4.89. The number of nitrogens with one attached hydrogen (secondary N) is 1. The van der Waals surface area contributed by atoms with E-state index in [9.17, 15) is 9.50 Å². The van der Waals surface area contributed by atoms with Gasteiger partial charge in [0.25, 0.3) is 0 Å². The molecular formula is C13H16FN3O. The van der Waals surface area contributed by atoms with Gasteiger partial charge in [-0.2, -0.15) is 5.26 Å². The number of rotatable bonds is 4. The van der Waals surface area contributed by atoms with E-state index in [1.54, 1.807) is 0 Å². The third-order valence-electron chi connectivity index (χ3n) is 3.36. The van der Waals surface area contributed by atoms with Crippen molar-refractivity contribution in [3.63, 3.8) is 0 Å². The van der Waals surface area contributed by atoms with Gasteiger partial charge in [0.1, 0.15) is 11.9 Å². The van der Waals surface area contributed by atoms with E-state index in [4.69, 9.17) is 11.0 Å². The first-order valence-electron chi connectivity index (χ1n) is 6.02. The summed E-state index contributed by atoms with van der Waals surface area (Å²) in [7, 11) is 0. The Morgan fingerprint density at radius 1 is 1.56 bits per heavy atom. The summed E-state index contributed by atoms with van der Waals surface area (Å²) in [6.45, 7) is 0.360. The van der Waals surface area contributed by atoms with Gasteiger partial charge in [0.15, 0.2) is 0 Å². The summed E-state index contributed by atoms with van der Waals surface area (Å²) in [5, 5.41) is 22.0. The molecule has 1 aromatic rings. The van der Waals surface area contributed by atoms with Gasteiger partial charge in [-0.1, -0.05) is 6.42 Å². The summed E-state index contributed by atoms with van der Waals surface area (Å²) in [5.74, 6) is -0.660. The third-order valence-corrected chi connectivity index (χ3v) is 3.36. The average Bonchev–Trinajstić information content (AvgIpc) is 2.30. The van der Waals surface area contributed by atoms with Crippen molar-refractivity contribution in [1.29, 1.82) is 5.26 Å². The van der Waals surface area contributed by atoms with Gasteiger partial charge in [-0.25, -0.2) is 4.39 Å². The molecule has 0 amide bonds. The second-order valence-corrected chi connectivity index (χ2v) is 4.63. The molecule has 0 spiro atoms. The molecule has 0 aromatic heterocycles. The average molecular weight is 249 g/mol. The third kappa shape index (κ3) is 2.61. The maximum atomic E-state index is 13.5. The maximum absolute atomic E-state index is 13.5. The van der Waals surface area contributed by atoms with Gasteiger partial charge >= 0.3 is 0 Å². The Morgan fingerprint density at radius 3 is 2.83 bits per heavy atom. The number of benzene rings is 1. The molecule has 0 aliphatic heterocycles. The molecule has 0 bridgehead atoms. The monoisotopic (exact) mass is 249 g/mol. The Kier molecular flexibility index (Phi) is 3.80. The lowest BCUT2D eigenvalue weighted by Crippen LogP contribution is -2.37. The van der Waals surface area contributed by atoms with Crippen molar-refractivity contribution in [3.05, 3.63) is 29.1 Å². The summed E-state index contributed by atoms with van der Waals surface area (Å²) < 4.78 is 13.5. The van der Waals surface area contributed by atoms with Crippen LogP contribution >= 0.6 is 0 Å². The van der Waals surface area contributed by atoms with Gasteiger partial charge in [0.05, 0.1) is 17.4 Å². The van der Waals surface area contributed by atoms with Gasteiger partial charge in [0.2, 0.25) is 0 Å². The summed E-state index contributed by atoms with van der Waals surface area (Å²) in [5.41, 5.74) is 5.70. The summed E-state index contributed by atoms with van der Waals surface area (Å²) in [4.78, 5) is 0. The zero-order valence-electron chi connectivity index (χ0n) is 9.99. The van der Waals surface area contributed by atoms with Crippen LogP contribution in [0.5, 0.6) is 0 Å². The van der Waals surface area contributed by atoms with Crippen molar-refractivity contribution in [2.24, 2.45) is 0 Å². The van der Waals surface area contributed by atoms with Gasteiger partial charge in [-0.15, -0.1) is 0 Å². The van der Waals surface area contributed by atoms with Crippen LogP contribution in [-0.4, -0.2) is 17.7 Å². The van der Waals surface area contributed by atoms with E-state index in [-0.39, 0.29) is 11.3 Å². The van der Waals surface area contributed by atoms with Gasteiger partial charge in [-0.05, 0) is 30.5 Å². The minimum Gasteiger partial charge on any atom is -0.395 e. The van der Waals surface area contributed by atoms with Gasteiger partial charge in [-0.3, -0.25) is 0 Å². The van der Waals surface area contributed by atoms with E-state index in [1.165, 1.54) is 18.6 Å². The van der Waals surface area contributed by atoms with Crippen LogP contribution in [0.25, 0.3) is 0 Å². The molecule has 1 aliphatic carbocycles. The molecule has 0 heterocycles. The zero-order valence-corrected chi connectivity index (χ0v) is 9.99. The van der Waals surface area contributed by atoms with Crippen molar-refractivity contribution in [3.8, 4) is 6.07 Å². The van der Waals surface area contributed by atoms with E-state index in [0.717, 1.165) is 12.8 Å². The quantitative estimate of drug-likeness (QED) is 0.705. The van der Waals surface area contributed by atoms with E-state index in [1.807, 2.05) is 6.07 Å². The predicted octanol–water partition coefficient (Wildman–Crippen LogP) is 1.46. The number of nitrogen functional groups attached to an aromatic ring is 1. The number of halogens is 1. The fourth-order valence-corrected chi connectivity index (χ4v) is 1.93. The van der Waals surface area contributed by atoms with Crippen LogP contribution in [0.2, 0.25) is 0 Å². The normalized spacial score (nSPS) is 16.9. The first-order chi connectivity index (χ1) is 8.61. The highest BCUT2D eigenvalue weighted by atomic mass is 19.1. The number of anilines is 1. The van der Waals surface area contributed by atoms with Crippen LogP contribution in [0, 0.1) is 17.1 Å². The standard InChI is InChI=1S/C13H16FN3O/c14-11-5-8(4-9(6-15)13(11)16)12(18)7-17-10-2-1-3-10/h4-5,10,12,17-18H,1-3,7,16H2. The molecule has 1 fully saturated rings. The molecule has 1 aromatic carbocycles. The number of hydrogen-bond donors (Lipinski definition) is 3. The van der Waals surface area contributed by atoms with Crippen LogP contribution in [0.4, 0.5) is 10.1 Å². The molecule has 1 unspecified atom stereocenters. The number of aliphatic hydroxyl groups is 1. The van der Waals surface area contributed by atoms with Crippen molar-refractivity contribution in [1.82, 2.24) is 5.32 Å². The topological polar surface area (TPSA) is 82.1 Å². The Hall–Kier alpha value is -1.64. The molecule has 96 valence electrons. The lowest BCUT2D eigenvalue weighted by Gasteiger charge is -2.27. The molecule has 1 atom stereocenters. The van der Waals surface area contributed by atoms with Crippen LogP contribution in [0.15, 0.2) is 12.1 Å². The summed E-state index contributed by atoms with van der Waals surface area (Å²) >= 11 is 0. The first-order valence-corrected chi connectivity index (χ1v) is 6.02. The minimum atomic E-state index is -0.826. The second-order valence-electron chi connectivity index (χ2n) is 4.63. The van der Waals surface area contributed by atoms with E-state index < -0.39 is 11.9 Å². The van der Waals surface area contributed by atoms with Crippen molar-refractivity contribution >= 4 is 5.69 Å². The zero-order chi connectivity index (χ0) is 13.1. The molecule has 5 heteroatoms. The van der Waals surface area contributed by atoms with Crippen molar-refractivity contribution < 1.29 is 9.50 Å². The molecule has 4 nitrogen and oxygen atoms in total. The lowest BCUT2D eigenvalue weighted by atomic mass is 9.93. The molecular weight excluding hydrogens is 233 g/mol.